The van der Waals surface area contributed by atoms with Crippen LogP contribution in [0.15, 0.2) is 53.2 Å². The van der Waals surface area contributed by atoms with Gasteiger partial charge in [-0.15, -0.1) is 22.7 Å². The van der Waals surface area contributed by atoms with E-state index in [4.69, 9.17) is 4.74 Å². The molecule has 32 heavy (non-hydrogen) atoms. The molecule has 0 aliphatic carbocycles. The second-order valence-electron chi connectivity index (χ2n) is 6.86. The fourth-order valence-corrected chi connectivity index (χ4v) is 4.82. The van der Waals surface area contributed by atoms with Crippen LogP contribution < -0.4 is 5.32 Å². The summed E-state index contributed by atoms with van der Waals surface area (Å²) in [5.41, 5.74) is 2.94. The molecule has 3 aromatic heterocycles. The normalized spacial score (nSPS) is 10.5. The van der Waals surface area contributed by atoms with Crippen LogP contribution >= 0.6 is 22.7 Å². The number of nitriles is 1. The van der Waals surface area contributed by atoms with Crippen molar-refractivity contribution in [1.82, 2.24) is 9.55 Å². The van der Waals surface area contributed by atoms with Crippen LogP contribution in [-0.4, -0.2) is 28.0 Å². The molecule has 0 fully saturated rings. The van der Waals surface area contributed by atoms with Gasteiger partial charge in [-0.3, -0.25) is 9.36 Å². The Morgan fingerprint density at radius 1 is 1.16 bits per heavy atom. The second-order valence-corrected chi connectivity index (χ2v) is 8.66. The highest BCUT2D eigenvalue weighted by Gasteiger charge is 2.22. The van der Waals surface area contributed by atoms with Gasteiger partial charge in [-0.05, 0) is 43.0 Å². The van der Waals surface area contributed by atoms with Crippen LogP contribution in [0.5, 0.6) is 0 Å². The molecule has 160 valence electrons. The van der Waals surface area contributed by atoms with Gasteiger partial charge >= 0.3 is 5.97 Å². The van der Waals surface area contributed by atoms with Crippen LogP contribution in [0, 0.1) is 25.2 Å². The summed E-state index contributed by atoms with van der Waals surface area (Å²) in [6.45, 7) is 3.22. The third-order valence-electron chi connectivity index (χ3n) is 4.88. The maximum atomic E-state index is 12.6. The first-order valence-electron chi connectivity index (χ1n) is 9.63. The van der Waals surface area contributed by atoms with Crippen LogP contribution in [-0.2, 0) is 9.53 Å². The van der Waals surface area contributed by atoms with Crippen LogP contribution in [0.3, 0.4) is 0 Å². The third kappa shape index (κ3) is 4.19. The standard InChI is InChI=1S/C23H18N4O3S2/c1-14-15(2)27(16-7-4-3-5-8-16)21(17(14)11-24)26-20(28)12-30-23(29)18-13-32-22(25-18)19-9-6-10-31-19/h3-10,13H,12H2,1-2H3,(H,26,28). The summed E-state index contributed by atoms with van der Waals surface area (Å²) >= 11 is 2.87. The molecular formula is C23H18N4O3S2. The number of benzene rings is 1. The maximum Gasteiger partial charge on any atom is 0.358 e. The van der Waals surface area contributed by atoms with Gasteiger partial charge in [-0.25, -0.2) is 9.78 Å². The highest BCUT2D eigenvalue weighted by molar-refractivity contribution is 7.20. The fraction of sp³-hybridized carbons (Fsp3) is 0.130. The molecule has 1 N–H and O–H groups in total. The number of hydrogen-bond donors (Lipinski definition) is 1. The molecule has 0 atom stereocenters. The maximum absolute atomic E-state index is 12.6. The van der Waals surface area contributed by atoms with E-state index in [9.17, 15) is 14.9 Å². The molecule has 0 saturated heterocycles. The minimum Gasteiger partial charge on any atom is -0.451 e. The lowest BCUT2D eigenvalue weighted by Crippen LogP contribution is -2.23. The molecule has 0 spiro atoms. The first-order chi connectivity index (χ1) is 15.5. The van der Waals surface area contributed by atoms with Crippen molar-refractivity contribution in [2.24, 2.45) is 0 Å². The first kappa shape index (κ1) is 21.5. The number of thiazole rings is 1. The van der Waals surface area contributed by atoms with Crippen LogP contribution in [0.25, 0.3) is 15.6 Å². The van der Waals surface area contributed by atoms with Crippen LogP contribution in [0.4, 0.5) is 5.82 Å². The number of hydrogen-bond acceptors (Lipinski definition) is 7. The number of para-hydroxylation sites is 1. The number of esters is 1. The Kier molecular flexibility index (Phi) is 6.16. The summed E-state index contributed by atoms with van der Waals surface area (Å²) in [7, 11) is 0. The summed E-state index contributed by atoms with van der Waals surface area (Å²) in [6, 6.07) is 15.4. The van der Waals surface area contributed by atoms with Crippen molar-refractivity contribution in [2.45, 2.75) is 13.8 Å². The number of carbonyl (C=O) groups excluding carboxylic acids is 2. The van der Waals surface area contributed by atoms with Gasteiger partial charge in [0, 0.05) is 16.8 Å². The molecule has 0 aliphatic heterocycles. The topological polar surface area (TPSA) is 97.0 Å². The van der Waals surface area contributed by atoms with E-state index in [1.54, 1.807) is 9.95 Å². The number of anilines is 1. The van der Waals surface area contributed by atoms with Crippen molar-refractivity contribution in [3.8, 4) is 21.6 Å². The highest BCUT2D eigenvalue weighted by atomic mass is 32.1. The zero-order valence-electron chi connectivity index (χ0n) is 17.3. The third-order valence-corrected chi connectivity index (χ3v) is 6.76. The average molecular weight is 463 g/mol. The zero-order valence-corrected chi connectivity index (χ0v) is 18.9. The largest absolute Gasteiger partial charge is 0.451 e. The lowest BCUT2D eigenvalue weighted by atomic mass is 10.2. The number of carbonyl (C=O) groups is 2. The zero-order chi connectivity index (χ0) is 22.7. The second kappa shape index (κ2) is 9.18. The van der Waals surface area contributed by atoms with E-state index in [0.717, 1.165) is 26.8 Å². The smallest absolute Gasteiger partial charge is 0.358 e. The van der Waals surface area contributed by atoms with Crippen LogP contribution in [0.1, 0.15) is 27.3 Å². The Morgan fingerprint density at radius 3 is 2.62 bits per heavy atom. The van der Waals surface area contributed by atoms with Gasteiger partial charge in [0.25, 0.3) is 5.91 Å². The molecule has 9 heteroatoms. The number of aromatic nitrogens is 2. The number of nitrogens with one attached hydrogen (secondary N) is 1. The SMILES string of the molecule is Cc1c(C#N)c(NC(=O)COC(=O)c2csc(-c3cccs3)n2)n(-c2ccccc2)c1C. The lowest BCUT2D eigenvalue weighted by Gasteiger charge is -2.13. The number of nitrogens with zero attached hydrogens (tertiary/aromatic N) is 3. The van der Waals surface area contributed by atoms with E-state index in [0.29, 0.717) is 11.4 Å². The van der Waals surface area contributed by atoms with E-state index in [-0.39, 0.29) is 5.69 Å². The van der Waals surface area contributed by atoms with Crippen molar-refractivity contribution in [3.63, 3.8) is 0 Å². The van der Waals surface area contributed by atoms with E-state index < -0.39 is 18.5 Å². The minimum atomic E-state index is -0.675. The molecule has 0 radical (unpaired) electrons. The Labute approximate surface area is 192 Å². The summed E-state index contributed by atoms with van der Waals surface area (Å²) in [4.78, 5) is 30.2. The van der Waals surface area contributed by atoms with Gasteiger partial charge in [-0.2, -0.15) is 5.26 Å². The molecule has 0 bridgehead atoms. The van der Waals surface area contributed by atoms with E-state index in [2.05, 4.69) is 16.4 Å². The summed E-state index contributed by atoms with van der Waals surface area (Å²) in [6.07, 6.45) is 0. The molecule has 4 aromatic rings. The quantitative estimate of drug-likeness (QED) is 0.409. The Morgan fingerprint density at radius 2 is 1.94 bits per heavy atom. The number of ether oxygens (including phenoxy) is 1. The van der Waals surface area contributed by atoms with Gasteiger partial charge in [-0.1, -0.05) is 24.3 Å². The monoisotopic (exact) mass is 462 g/mol. The van der Waals surface area contributed by atoms with Crippen molar-refractivity contribution in [2.75, 3.05) is 11.9 Å². The van der Waals surface area contributed by atoms with Crippen molar-refractivity contribution >= 4 is 40.4 Å². The molecule has 1 aromatic carbocycles. The predicted molar refractivity (Wildman–Crippen MR) is 124 cm³/mol. The number of amides is 1. The highest BCUT2D eigenvalue weighted by Crippen LogP contribution is 2.30. The first-order valence-corrected chi connectivity index (χ1v) is 11.4. The predicted octanol–water partition coefficient (Wildman–Crippen LogP) is 4.95. The average Bonchev–Trinajstić information content (AvgIpc) is 3.54. The molecule has 0 unspecified atom stereocenters. The van der Waals surface area contributed by atoms with E-state index in [1.165, 1.54) is 22.7 Å². The van der Waals surface area contributed by atoms with Crippen LogP contribution in [0.2, 0.25) is 0 Å². The minimum absolute atomic E-state index is 0.156. The molecule has 1 amide bonds. The van der Waals surface area contributed by atoms with Gasteiger partial charge in [0.05, 0.1) is 10.4 Å². The molecular weight excluding hydrogens is 444 g/mol. The molecule has 0 saturated carbocycles. The summed E-state index contributed by atoms with van der Waals surface area (Å²) in [5, 5.41) is 16.6. The van der Waals surface area contributed by atoms with Crippen molar-refractivity contribution in [1.29, 1.82) is 5.26 Å². The molecule has 3 heterocycles. The summed E-state index contributed by atoms with van der Waals surface area (Å²) < 4.78 is 6.96. The van der Waals surface area contributed by atoms with Crippen molar-refractivity contribution < 1.29 is 14.3 Å². The van der Waals surface area contributed by atoms with E-state index in [1.807, 2.05) is 61.7 Å². The van der Waals surface area contributed by atoms with Gasteiger partial charge in [0.15, 0.2) is 12.3 Å². The summed E-state index contributed by atoms with van der Waals surface area (Å²) in [5.74, 6) is -0.868. The lowest BCUT2D eigenvalue weighted by molar-refractivity contribution is -0.119. The Hall–Kier alpha value is -3.74. The van der Waals surface area contributed by atoms with Gasteiger partial charge < -0.3 is 10.1 Å². The Balaban J connectivity index is 1.48. The number of thiophene rings is 1. The Bertz CT molecular complexity index is 1320. The van der Waals surface area contributed by atoms with Gasteiger partial charge in [0.2, 0.25) is 0 Å². The molecule has 7 nitrogen and oxygen atoms in total. The van der Waals surface area contributed by atoms with Gasteiger partial charge in [0.1, 0.15) is 16.9 Å². The van der Waals surface area contributed by atoms with E-state index >= 15 is 0 Å². The van der Waals surface area contributed by atoms with Crippen molar-refractivity contribution in [3.05, 3.63) is 75.7 Å². The number of rotatable bonds is 6. The fourth-order valence-electron chi connectivity index (χ4n) is 3.21. The molecule has 0 aliphatic rings. The molecule has 4 rings (SSSR count).